The van der Waals surface area contributed by atoms with E-state index >= 15 is 0 Å². The molecule has 0 radical (unpaired) electrons. The number of hydrogen-bond donors (Lipinski definition) is 1. The molecule has 0 bridgehead atoms. The number of hydrogen-bond acceptors (Lipinski definition) is 4. The van der Waals surface area contributed by atoms with E-state index in [1.54, 1.807) is 12.1 Å². The van der Waals surface area contributed by atoms with Gasteiger partial charge in [-0.25, -0.2) is 4.98 Å². The average molecular weight is 258 g/mol. The first-order chi connectivity index (χ1) is 8.53. The molecule has 0 unspecified atom stereocenters. The van der Waals surface area contributed by atoms with Crippen LogP contribution in [0.15, 0.2) is 41.1 Å². The number of halogens is 3. The van der Waals surface area contributed by atoms with Crippen molar-refractivity contribution >= 4 is 5.82 Å². The van der Waals surface area contributed by atoms with E-state index < -0.39 is 6.36 Å². The highest BCUT2D eigenvalue weighted by Gasteiger charge is 2.31. The third-order valence-corrected chi connectivity index (χ3v) is 1.99. The van der Waals surface area contributed by atoms with Gasteiger partial charge in [-0.05, 0) is 24.3 Å². The van der Waals surface area contributed by atoms with Crippen molar-refractivity contribution in [3.63, 3.8) is 0 Å². The Morgan fingerprint density at radius 2 is 2.11 bits per heavy atom. The Bertz CT molecular complexity index is 480. The standard InChI is InChI=1S/C11H9F3N2O2/c12-11(13,14)18-9-3-4-10(16-7-9)15-6-8-2-1-5-17-8/h1-5,7H,6H2,(H,15,16). The minimum Gasteiger partial charge on any atom is -0.467 e. The summed E-state index contributed by atoms with van der Waals surface area (Å²) in [6.07, 6.45) is -2.17. The SMILES string of the molecule is FC(F)(F)Oc1ccc(NCc2ccco2)nc1. The van der Waals surface area contributed by atoms with Gasteiger partial charge in [0.2, 0.25) is 0 Å². The maximum absolute atomic E-state index is 11.9. The molecule has 0 aliphatic carbocycles. The van der Waals surface area contributed by atoms with Gasteiger partial charge < -0.3 is 14.5 Å². The van der Waals surface area contributed by atoms with E-state index in [9.17, 15) is 13.2 Å². The summed E-state index contributed by atoms with van der Waals surface area (Å²) in [6.45, 7) is 0.402. The number of rotatable bonds is 4. The summed E-state index contributed by atoms with van der Waals surface area (Å²) in [7, 11) is 0. The zero-order valence-corrected chi connectivity index (χ0v) is 9.07. The second-order valence-electron chi connectivity index (χ2n) is 3.36. The second-order valence-corrected chi connectivity index (χ2v) is 3.36. The quantitative estimate of drug-likeness (QED) is 0.914. The monoisotopic (exact) mass is 258 g/mol. The number of nitrogens with one attached hydrogen (secondary N) is 1. The van der Waals surface area contributed by atoms with E-state index in [0.717, 1.165) is 6.20 Å². The molecule has 0 amide bonds. The topological polar surface area (TPSA) is 47.3 Å². The molecule has 4 nitrogen and oxygen atoms in total. The lowest BCUT2D eigenvalue weighted by atomic mass is 10.4. The molecule has 0 fully saturated rings. The lowest BCUT2D eigenvalue weighted by Gasteiger charge is -2.09. The van der Waals surface area contributed by atoms with Crippen LogP contribution in [0, 0.1) is 0 Å². The van der Waals surface area contributed by atoms with Crippen molar-refractivity contribution in [1.29, 1.82) is 0 Å². The molecule has 0 atom stereocenters. The Morgan fingerprint density at radius 1 is 1.28 bits per heavy atom. The van der Waals surface area contributed by atoms with Crippen molar-refractivity contribution in [2.24, 2.45) is 0 Å². The molecule has 2 aromatic heterocycles. The molecule has 0 saturated heterocycles. The molecule has 0 saturated carbocycles. The highest BCUT2D eigenvalue weighted by Crippen LogP contribution is 2.22. The van der Waals surface area contributed by atoms with E-state index in [1.807, 2.05) is 0 Å². The normalized spacial score (nSPS) is 11.3. The lowest BCUT2D eigenvalue weighted by Crippen LogP contribution is -2.17. The van der Waals surface area contributed by atoms with Gasteiger partial charge in [0.1, 0.15) is 17.3 Å². The third-order valence-electron chi connectivity index (χ3n) is 1.99. The maximum atomic E-state index is 11.9. The summed E-state index contributed by atoms with van der Waals surface area (Å²) in [5.41, 5.74) is 0. The van der Waals surface area contributed by atoms with Gasteiger partial charge in [-0.2, -0.15) is 0 Å². The van der Waals surface area contributed by atoms with Crippen LogP contribution >= 0.6 is 0 Å². The lowest BCUT2D eigenvalue weighted by molar-refractivity contribution is -0.274. The average Bonchev–Trinajstić information content (AvgIpc) is 2.79. The van der Waals surface area contributed by atoms with E-state index in [-0.39, 0.29) is 5.75 Å². The number of ether oxygens (including phenoxy) is 1. The Labute approximate surface area is 100 Å². The Hall–Kier alpha value is -2.18. The van der Waals surface area contributed by atoms with E-state index in [4.69, 9.17) is 4.42 Å². The summed E-state index contributed by atoms with van der Waals surface area (Å²) >= 11 is 0. The number of aromatic nitrogens is 1. The zero-order chi connectivity index (χ0) is 13.0. The first kappa shape index (κ1) is 12.3. The van der Waals surface area contributed by atoms with Gasteiger partial charge in [-0.15, -0.1) is 13.2 Å². The molecular weight excluding hydrogens is 249 g/mol. The van der Waals surface area contributed by atoms with Crippen LogP contribution in [-0.2, 0) is 6.54 Å². The van der Waals surface area contributed by atoms with Crippen LogP contribution < -0.4 is 10.1 Å². The number of nitrogens with zero attached hydrogens (tertiary/aromatic N) is 1. The van der Waals surface area contributed by atoms with E-state index in [0.29, 0.717) is 18.1 Å². The van der Waals surface area contributed by atoms with Crippen molar-refractivity contribution in [1.82, 2.24) is 4.98 Å². The number of anilines is 1. The van der Waals surface area contributed by atoms with Gasteiger partial charge in [0, 0.05) is 0 Å². The van der Waals surface area contributed by atoms with Gasteiger partial charge in [-0.3, -0.25) is 0 Å². The zero-order valence-electron chi connectivity index (χ0n) is 9.07. The summed E-state index contributed by atoms with van der Waals surface area (Å²) in [5.74, 6) is 0.777. The Morgan fingerprint density at radius 3 is 2.67 bits per heavy atom. The predicted molar refractivity (Wildman–Crippen MR) is 57.0 cm³/mol. The van der Waals surface area contributed by atoms with Gasteiger partial charge in [0.05, 0.1) is 19.0 Å². The Kier molecular flexibility index (Phi) is 3.40. The Balaban J connectivity index is 1.91. The number of furan rings is 1. The van der Waals surface area contributed by atoms with Crippen LogP contribution in [0.25, 0.3) is 0 Å². The fourth-order valence-electron chi connectivity index (χ4n) is 1.27. The van der Waals surface area contributed by atoms with Crippen molar-refractivity contribution in [3.8, 4) is 5.75 Å². The van der Waals surface area contributed by atoms with Crippen LogP contribution in [0.1, 0.15) is 5.76 Å². The molecule has 2 aromatic rings. The van der Waals surface area contributed by atoms with E-state index in [1.165, 1.54) is 18.4 Å². The fraction of sp³-hybridized carbons (Fsp3) is 0.182. The number of pyridine rings is 1. The molecule has 1 N–H and O–H groups in total. The second kappa shape index (κ2) is 4.99. The summed E-state index contributed by atoms with van der Waals surface area (Å²) < 4.78 is 44.5. The summed E-state index contributed by atoms with van der Waals surface area (Å²) in [6, 6.07) is 6.09. The molecule has 0 aliphatic heterocycles. The largest absolute Gasteiger partial charge is 0.573 e. The van der Waals surface area contributed by atoms with Crippen LogP contribution in [0.5, 0.6) is 5.75 Å². The first-order valence-electron chi connectivity index (χ1n) is 5.01. The fourth-order valence-corrected chi connectivity index (χ4v) is 1.27. The maximum Gasteiger partial charge on any atom is 0.573 e. The highest BCUT2D eigenvalue weighted by molar-refractivity contribution is 5.37. The molecule has 2 rings (SSSR count). The molecule has 2 heterocycles. The molecule has 7 heteroatoms. The first-order valence-corrected chi connectivity index (χ1v) is 5.01. The van der Waals surface area contributed by atoms with E-state index in [2.05, 4.69) is 15.0 Å². The molecule has 0 aliphatic rings. The molecular formula is C11H9F3N2O2. The van der Waals surface area contributed by atoms with Gasteiger partial charge in [-0.1, -0.05) is 0 Å². The molecule has 96 valence electrons. The van der Waals surface area contributed by atoms with Gasteiger partial charge >= 0.3 is 6.36 Å². The third kappa shape index (κ3) is 3.69. The van der Waals surface area contributed by atoms with Crippen molar-refractivity contribution in [3.05, 3.63) is 42.5 Å². The molecule has 0 aromatic carbocycles. The molecule has 18 heavy (non-hydrogen) atoms. The summed E-state index contributed by atoms with van der Waals surface area (Å²) in [5, 5.41) is 2.90. The van der Waals surface area contributed by atoms with Crippen LogP contribution in [0.2, 0.25) is 0 Å². The van der Waals surface area contributed by atoms with Crippen LogP contribution in [0.3, 0.4) is 0 Å². The van der Waals surface area contributed by atoms with Crippen molar-refractivity contribution in [2.75, 3.05) is 5.32 Å². The minimum absolute atomic E-state index is 0.356. The smallest absolute Gasteiger partial charge is 0.467 e. The van der Waals surface area contributed by atoms with Crippen LogP contribution in [0.4, 0.5) is 19.0 Å². The highest BCUT2D eigenvalue weighted by atomic mass is 19.4. The number of alkyl halides is 3. The molecule has 0 spiro atoms. The predicted octanol–water partition coefficient (Wildman–Crippen LogP) is 3.19. The van der Waals surface area contributed by atoms with Crippen molar-refractivity contribution < 1.29 is 22.3 Å². The summed E-state index contributed by atoms with van der Waals surface area (Å²) in [4.78, 5) is 3.78. The van der Waals surface area contributed by atoms with Crippen molar-refractivity contribution in [2.45, 2.75) is 12.9 Å². The van der Waals surface area contributed by atoms with Crippen LogP contribution in [-0.4, -0.2) is 11.3 Å². The van der Waals surface area contributed by atoms with Gasteiger partial charge in [0.25, 0.3) is 0 Å². The van der Waals surface area contributed by atoms with Gasteiger partial charge in [0.15, 0.2) is 0 Å². The minimum atomic E-state index is -4.70.